The summed E-state index contributed by atoms with van der Waals surface area (Å²) in [5.74, 6) is -0.564. The molecule has 0 spiro atoms. The molecule has 4 nitrogen and oxygen atoms in total. The second-order valence-electron chi connectivity index (χ2n) is 5.31. The van der Waals surface area contributed by atoms with E-state index in [4.69, 9.17) is 0 Å². The van der Waals surface area contributed by atoms with Crippen molar-refractivity contribution in [1.82, 2.24) is 9.99 Å². The Kier molecular flexibility index (Phi) is 4.57. The molecule has 1 N–H and O–H groups in total. The highest BCUT2D eigenvalue weighted by atomic mass is 32.1. The number of aryl methyl sites for hydroxylation is 1. The zero-order chi connectivity index (χ0) is 17.1. The van der Waals surface area contributed by atoms with Crippen molar-refractivity contribution in [2.45, 2.75) is 13.8 Å². The standard InChI is InChI=1S/C18H16FN3OS/c1-12-10-17(18(23)21-20-11-16-4-3-9-24-16)13(2)22(12)15-7-5-14(19)6-8-15/h3-11H,1-2H3,(H,21,23)/b20-11-. The third kappa shape index (κ3) is 3.28. The molecule has 0 saturated heterocycles. The van der Waals surface area contributed by atoms with E-state index in [1.807, 2.05) is 35.9 Å². The molecule has 0 saturated carbocycles. The maximum absolute atomic E-state index is 13.1. The molecule has 0 radical (unpaired) electrons. The van der Waals surface area contributed by atoms with Crippen LogP contribution in [0.4, 0.5) is 4.39 Å². The van der Waals surface area contributed by atoms with E-state index in [2.05, 4.69) is 10.5 Å². The summed E-state index contributed by atoms with van der Waals surface area (Å²) in [6, 6.07) is 11.8. The van der Waals surface area contributed by atoms with E-state index in [1.54, 1.807) is 35.8 Å². The predicted molar refractivity (Wildman–Crippen MR) is 94.6 cm³/mol. The largest absolute Gasteiger partial charge is 0.318 e. The van der Waals surface area contributed by atoms with Gasteiger partial charge in [0.05, 0.1) is 11.8 Å². The van der Waals surface area contributed by atoms with Crippen molar-refractivity contribution >= 4 is 23.5 Å². The average molecular weight is 341 g/mol. The number of aromatic nitrogens is 1. The molecular formula is C18H16FN3OS. The van der Waals surface area contributed by atoms with Gasteiger partial charge in [-0.1, -0.05) is 6.07 Å². The molecule has 3 aromatic rings. The van der Waals surface area contributed by atoms with E-state index in [0.717, 1.165) is 22.0 Å². The Morgan fingerprint density at radius 1 is 1.25 bits per heavy atom. The SMILES string of the molecule is Cc1cc(C(=O)N/N=C\c2cccs2)c(C)n1-c1ccc(F)cc1. The summed E-state index contributed by atoms with van der Waals surface area (Å²) >= 11 is 1.54. The van der Waals surface area contributed by atoms with Crippen molar-refractivity contribution in [2.24, 2.45) is 5.10 Å². The topological polar surface area (TPSA) is 46.4 Å². The quantitative estimate of drug-likeness (QED) is 0.564. The molecule has 2 aromatic heterocycles. The number of hydrazone groups is 1. The Bertz CT molecular complexity index is 880. The number of carbonyl (C=O) groups is 1. The second-order valence-corrected chi connectivity index (χ2v) is 6.29. The highest BCUT2D eigenvalue weighted by Crippen LogP contribution is 2.21. The smallest absolute Gasteiger partial charge is 0.273 e. The summed E-state index contributed by atoms with van der Waals surface area (Å²) in [7, 11) is 0. The minimum absolute atomic E-state index is 0.274. The molecule has 2 heterocycles. The summed E-state index contributed by atoms with van der Waals surface area (Å²) in [6.07, 6.45) is 1.61. The van der Waals surface area contributed by atoms with Crippen LogP contribution < -0.4 is 5.43 Å². The lowest BCUT2D eigenvalue weighted by molar-refractivity contribution is 0.0954. The molecule has 0 aliphatic heterocycles. The zero-order valence-corrected chi connectivity index (χ0v) is 14.1. The van der Waals surface area contributed by atoms with Crippen LogP contribution in [-0.4, -0.2) is 16.7 Å². The van der Waals surface area contributed by atoms with E-state index in [-0.39, 0.29) is 11.7 Å². The Hall–Kier alpha value is -2.73. The van der Waals surface area contributed by atoms with Crippen LogP contribution in [0.3, 0.4) is 0 Å². The highest BCUT2D eigenvalue weighted by Gasteiger charge is 2.16. The molecule has 0 unspecified atom stereocenters. The summed E-state index contributed by atoms with van der Waals surface area (Å²) in [5, 5.41) is 5.93. The first-order chi connectivity index (χ1) is 11.6. The fourth-order valence-corrected chi connectivity index (χ4v) is 3.14. The Balaban J connectivity index is 1.83. The van der Waals surface area contributed by atoms with Gasteiger partial charge in [-0.25, -0.2) is 9.82 Å². The van der Waals surface area contributed by atoms with Crippen LogP contribution in [0.15, 0.2) is 52.9 Å². The van der Waals surface area contributed by atoms with Gasteiger partial charge in [-0.15, -0.1) is 11.3 Å². The van der Waals surface area contributed by atoms with E-state index < -0.39 is 0 Å². The Morgan fingerprint density at radius 2 is 2.00 bits per heavy atom. The molecule has 122 valence electrons. The number of hydrogen-bond donors (Lipinski definition) is 1. The van der Waals surface area contributed by atoms with E-state index >= 15 is 0 Å². The third-order valence-electron chi connectivity index (χ3n) is 3.66. The van der Waals surface area contributed by atoms with Gasteiger partial charge < -0.3 is 4.57 Å². The lowest BCUT2D eigenvalue weighted by Gasteiger charge is -2.09. The van der Waals surface area contributed by atoms with Crippen molar-refractivity contribution in [3.8, 4) is 5.69 Å². The number of thiophene rings is 1. The van der Waals surface area contributed by atoms with Gasteiger partial charge in [0.1, 0.15) is 5.82 Å². The molecule has 3 rings (SSSR count). The van der Waals surface area contributed by atoms with Gasteiger partial charge in [0, 0.05) is 22.0 Å². The van der Waals surface area contributed by atoms with Gasteiger partial charge in [-0.2, -0.15) is 5.10 Å². The van der Waals surface area contributed by atoms with E-state index in [1.165, 1.54) is 12.1 Å². The van der Waals surface area contributed by atoms with Crippen LogP contribution in [0, 0.1) is 19.7 Å². The first-order valence-electron chi connectivity index (χ1n) is 7.38. The highest BCUT2D eigenvalue weighted by molar-refractivity contribution is 7.11. The maximum atomic E-state index is 13.1. The normalized spacial score (nSPS) is 11.1. The number of halogens is 1. The average Bonchev–Trinajstić information content (AvgIpc) is 3.17. The number of nitrogens with zero attached hydrogens (tertiary/aromatic N) is 2. The summed E-state index contributed by atoms with van der Waals surface area (Å²) in [6.45, 7) is 3.76. The maximum Gasteiger partial charge on any atom is 0.273 e. The van der Waals surface area contributed by atoms with Crippen LogP contribution in [0.1, 0.15) is 26.6 Å². The number of carbonyl (C=O) groups excluding carboxylic acids is 1. The lowest BCUT2D eigenvalue weighted by Crippen LogP contribution is -2.18. The number of nitrogens with one attached hydrogen (secondary N) is 1. The van der Waals surface area contributed by atoms with E-state index in [9.17, 15) is 9.18 Å². The minimum Gasteiger partial charge on any atom is -0.318 e. The molecule has 0 aliphatic rings. The minimum atomic E-state index is -0.290. The number of benzene rings is 1. The lowest BCUT2D eigenvalue weighted by atomic mass is 10.2. The van der Waals surface area contributed by atoms with Crippen molar-refractivity contribution in [2.75, 3.05) is 0 Å². The predicted octanol–water partition coefficient (Wildman–Crippen LogP) is 4.06. The van der Waals surface area contributed by atoms with Gasteiger partial charge in [0.25, 0.3) is 5.91 Å². The molecule has 6 heteroatoms. The molecule has 1 amide bonds. The molecule has 0 bridgehead atoms. The molecular weight excluding hydrogens is 325 g/mol. The van der Waals surface area contributed by atoms with Crippen molar-refractivity contribution in [3.63, 3.8) is 0 Å². The molecule has 0 atom stereocenters. The summed E-state index contributed by atoms with van der Waals surface area (Å²) < 4.78 is 15.0. The van der Waals surface area contributed by atoms with Crippen LogP contribution >= 0.6 is 11.3 Å². The summed E-state index contributed by atoms with van der Waals surface area (Å²) in [4.78, 5) is 13.3. The van der Waals surface area contributed by atoms with Crippen LogP contribution in [0.25, 0.3) is 5.69 Å². The van der Waals surface area contributed by atoms with Gasteiger partial charge >= 0.3 is 0 Å². The van der Waals surface area contributed by atoms with E-state index in [0.29, 0.717) is 5.56 Å². The van der Waals surface area contributed by atoms with Crippen LogP contribution in [0.5, 0.6) is 0 Å². The first kappa shape index (κ1) is 16.1. The third-order valence-corrected chi connectivity index (χ3v) is 4.47. The number of rotatable bonds is 4. The van der Waals surface area contributed by atoms with Gasteiger partial charge in [-0.3, -0.25) is 4.79 Å². The summed E-state index contributed by atoms with van der Waals surface area (Å²) in [5.41, 5.74) is 5.57. The Labute approximate surface area is 143 Å². The number of hydrogen-bond acceptors (Lipinski definition) is 3. The number of amides is 1. The first-order valence-corrected chi connectivity index (χ1v) is 8.26. The Morgan fingerprint density at radius 3 is 2.67 bits per heavy atom. The molecule has 0 fully saturated rings. The van der Waals surface area contributed by atoms with Gasteiger partial charge in [0.2, 0.25) is 0 Å². The molecule has 0 aliphatic carbocycles. The molecule has 1 aromatic carbocycles. The fraction of sp³-hybridized carbons (Fsp3) is 0.111. The van der Waals surface area contributed by atoms with Crippen LogP contribution in [0.2, 0.25) is 0 Å². The zero-order valence-electron chi connectivity index (χ0n) is 13.3. The van der Waals surface area contributed by atoms with Crippen LogP contribution in [-0.2, 0) is 0 Å². The van der Waals surface area contributed by atoms with Gasteiger partial charge in [0.15, 0.2) is 0 Å². The second kappa shape index (κ2) is 6.80. The monoisotopic (exact) mass is 341 g/mol. The van der Waals surface area contributed by atoms with Gasteiger partial charge in [-0.05, 0) is 55.6 Å². The van der Waals surface area contributed by atoms with Crippen molar-refractivity contribution < 1.29 is 9.18 Å². The molecule has 24 heavy (non-hydrogen) atoms. The fourth-order valence-electron chi connectivity index (χ4n) is 2.56. The van der Waals surface area contributed by atoms with Crippen molar-refractivity contribution in [1.29, 1.82) is 0 Å². The van der Waals surface area contributed by atoms with Crippen molar-refractivity contribution in [3.05, 3.63) is 75.5 Å².